The fourth-order valence-electron chi connectivity index (χ4n) is 2.78. The topological polar surface area (TPSA) is 71.2 Å². The second-order valence-corrected chi connectivity index (χ2v) is 5.90. The molecule has 1 aromatic carbocycles. The molecule has 0 spiro atoms. The zero-order chi connectivity index (χ0) is 15.3. The number of ketones is 1. The lowest BCUT2D eigenvalue weighted by atomic mass is 10.0. The maximum atomic E-state index is 11.9. The zero-order valence-electron chi connectivity index (χ0n) is 11.9. The molecule has 0 N–H and O–H groups in total. The number of tetrazole rings is 1. The number of ether oxygens (including phenoxy) is 2. The highest BCUT2D eigenvalue weighted by Crippen LogP contribution is 2.32. The first kappa shape index (κ1) is 13.7. The Labute approximate surface area is 131 Å². The van der Waals surface area contributed by atoms with E-state index in [1.165, 1.54) is 0 Å². The molecule has 0 unspecified atom stereocenters. The van der Waals surface area contributed by atoms with Crippen molar-refractivity contribution >= 4 is 18.0 Å². The van der Waals surface area contributed by atoms with Crippen molar-refractivity contribution in [1.82, 2.24) is 19.8 Å². The molecule has 7 nitrogen and oxygen atoms in total. The molecule has 2 aliphatic heterocycles. The maximum Gasteiger partial charge on any atom is 0.221 e. The zero-order valence-corrected chi connectivity index (χ0v) is 12.7. The molecule has 0 saturated carbocycles. The van der Waals surface area contributed by atoms with Gasteiger partial charge >= 0.3 is 0 Å². The van der Waals surface area contributed by atoms with E-state index in [1.54, 1.807) is 9.36 Å². The van der Waals surface area contributed by atoms with E-state index in [-0.39, 0.29) is 17.9 Å². The molecule has 0 amide bonds. The summed E-state index contributed by atoms with van der Waals surface area (Å²) in [6, 6.07) is 7.57. The summed E-state index contributed by atoms with van der Waals surface area (Å²) in [5.74, 6) is -0.0782. The molecular formula is C14H14N4O3S. The van der Waals surface area contributed by atoms with Crippen LogP contribution in [-0.4, -0.2) is 44.6 Å². The van der Waals surface area contributed by atoms with Crippen LogP contribution in [0.3, 0.4) is 0 Å². The molecule has 0 aliphatic carbocycles. The van der Waals surface area contributed by atoms with Crippen LogP contribution in [0.4, 0.5) is 0 Å². The summed E-state index contributed by atoms with van der Waals surface area (Å²) in [6.07, 6.45) is -0.629. The number of carbonyl (C=O) groups is 1. The second kappa shape index (κ2) is 5.08. The van der Waals surface area contributed by atoms with Crippen molar-refractivity contribution in [3.8, 4) is 5.69 Å². The quantitative estimate of drug-likeness (QED) is 0.779. The van der Waals surface area contributed by atoms with E-state index in [0.717, 1.165) is 11.3 Å². The average molecular weight is 318 g/mol. The molecule has 2 saturated heterocycles. The molecule has 2 bridgehead atoms. The van der Waals surface area contributed by atoms with Gasteiger partial charge in [-0.25, -0.2) is 4.68 Å². The third-order valence-corrected chi connectivity index (χ3v) is 4.37. The van der Waals surface area contributed by atoms with Gasteiger partial charge in [0.25, 0.3) is 0 Å². The van der Waals surface area contributed by atoms with Crippen molar-refractivity contribution in [2.75, 3.05) is 6.61 Å². The number of Topliss-reactive ketones (excluding diaryl/α,β-unsaturated/α-hetero) is 1. The predicted octanol–water partition coefficient (Wildman–Crippen LogP) is 1.36. The van der Waals surface area contributed by atoms with Gasteiger partial charge in [0.05, 0.1) is 18.3 Å². The first-order chi connectivity index (χ1) is 10.6. The molecule has 8 heteroatoms. The number of carbonyl (C=O) groups excluding carboxylic acids is 1. The Hall–Kier alpha value is -1.90. The van der Waals surface area contributed by atoms with Crippen LogP contribution in [0.1, 0.15) is 18.0 Å². The standard InChI is InChI=1S/C14H14N4O3S/c1-8-2-4-9(5-3-8)17-14(22)18(16-15-17)10-6-11(19)13-20-7-12(10)21-13/h2-5,10,12-13H,6-7H2,1H3/t10-,12+,13-/m0/s1. The molecule has 114 valence electrons. The SMILES string of the molecule is Cc1ccc(-n2nnn([C@H]3CC(=O)[C@H]4OC[C@H]3O4)c2=S)cc1. The van der Waals surface area contributed by atoms with Crippen molar-refractivity contribution in [1.29, 1.82) is 0 Å². The van der Waals surface area contributed by atoms with Gasteiger partial charge < -0.3 is 9.47 Å². The Bertz CT molecular complexity index is 782. The number of hydrogen-bond donors (Lipinski definition) is 0. The molecular weight excluding hydrogens is 304 g/mol. The first-order valence-corrected chi connectivity index (χ1v) is 7.45. The Kier molecular flexibility index (Phi) is 3.17. The van der Waals surface area contributed by atoms with E-state index in [4.69, 9.17) is 21.7 Å². The number of rotatable bonds is 2. The lowest BCUT2D eigenvalue weighted by Crippen LogP contribution is -2.37. The normalized spacial score (nSPS) is 27.3. The lowest BCUT2D eigenvalue weighted by molar-refractivity contribution is -0.156. The summed E-state index contributed by atoms with van der Waals surface area (Å²) in [7, 11) is 0. The molecule has 2 fully saturated rings. The molecule has 0 radical (unpaired) electrons. The second-order valence-electron chi connectivity index (χ2n) is 5.53. The van der Waals surface area contributed by atoms with E-state index in [2.05, 4.69) is 10.4 Å². The Morgan fingerprint density at radius 1 is 1.27 bits per heavy atom. The summed E-state index contributed by atoms with van der Waals surface area (Å²) >= 11 is 5.47. The number of aryl methyl sites for hydroxylation is 1. The van der Waals surface area contributed by atoms with Gasteiger partial charge in [-0.2, -0.15) is 4.68 Å². The summed E-state index contributed by atoms with van der Waals surface area (Å²) in [4.78, 5) is 11.9. The van der Waals surface area contributed by atoms with E-state index < -0.39 is 6.29 Å². The first-order valence-electron chi connectivity index (χ1n) is 7.05. The Balaban J connectivity index is 1.71. The van der Waals surface area contributed by atoms with Gasteiger partial charge in [-0.1, -0.05) is 17.7 Å². The smallest absolute Gasteiger partial charge is 0.221 e. The Morgan fingerprint density at radius 2 is 2.05 bits per heavy atom. The van der Waals surface area contributed by atoms with Crippen molar-refractivity contribution in [3.05, 3.63) is 34.6 Å². The molecule has 2 aromatic rings. The number of fused-ring (bicyclic) bond motifs is 2. The van der Waals surface area contributed by atoms with E-state index in [0.29, 0.717) is 17.8 Å². The highest BCUT2D eigenvalue weighted by Gasteiger charge is 2.45. The van der Waals surface area contributed by atoms with Gasteiger partial charge in [-0.05, 0) is 41.7 Å². The number of aromatic nitrogens is 4. The van der Waals surface area contributed by atoms with Crippen LogP contribution in [0.2, 0.25) is 0 Å². The van der Waals surface area contributed by atoms with Crippen LogP contribution in [0, 0.1) is 11.7 Å². The van der Waals surface area contributed by atoms with Crippen molar-refractivity contribution in [3.63, 3.8) is 0 Å². The molecule has 1 aromatic heterocycles. The lowest BCUT2D eigenvalue weighted by Gasteiger charge is -2.25. The van der Waals surface area contributed by atoms with Crippen LogP contribution < -0.4 is 0 Å². The fourth-order valence-corrected chi connectivity index (χ4v) is 3.09. The minimum Gasteiger partial charge on any atom is -0.343 e. The molecule has 2 aliphatic rings. The maximum absolute atomic E-state index is 11.9. The Morgan fingerprint density at radius 3 is 2.82 bits per heavy atom. The predicted molar refractivity (Wildman–Crippen MR) is 78.2 cm³/mol. The highest BCUT2D eigenvalue weighted by atomic mass is 32.1. The number of benzene rings is 1. The summed E-state index contributed by atoms with van der Waals surface area (Å²) in [6.45, 7) is 2.39. The molecule has 22 heavy (non-hydrogen) atoms. The van der Waals surface area contributed by atoms with Crippen molar-refractivity contribution in [2.24, 2.45) is 0 Å². The van der Waals surface area contributed by atoms with E-state index >= 15 is 0 Å². The van der Waals surface area contributed by atoms with Crippen LogP contribution in [0.5, 0.6) is 0 Å². The van der Waals surface area contributed by atoms with Gasteiger partial charge in [0, 0.05) is 6.42 Å². The van der Waals surface area contributed by atoms with E-state index in [1.807, 2.05) is 31.2 Å². The van der Waals surface area contributed by atoms with Crippen LogP contribution >= 0.6 is 12.2 Å². The summed E-state index contributed by atoms with van der Waals surface area (Å²) in [5, 5.41) is 8.24. The van der Waals surface area contributed by atoms with Gasteiger partial charge in [0.2, 0.25) is 11.1 Å². The molecule has 3 heterocycles. The monoisotopic (exact) mass is 318 g/mol. The molecule has 3 atom stereocenters. The third kappa shape index (κ3) is 2.11. The minimum atomic E-state index is -0.720. The fraction of sp³-hybridized carbons (Fsp3) is 0.429. The summed E-state index contributed by atoms with van der Waals surface area (Å²) in [5.41, 5.74) is 1.99. The van der Waals surface area contributed by atoms with Crippen LogP contribution in [-0.2, 0) is 14.3 Å². The largest absolute Gasteiger partial charge is 0.343 e. The van der Waals surface area contributed by atoms with Gasteiger partial charge in [-0.3, -0.25) is 4.79 Å². The number of nitrogens with zero attached hydrogens (tertiary/aromatic N) is 4. The van der Waals surface area contributed by atoms with Crippen LogP contribution in [0.25, 0.3) is 5.69 Å². The van der Waals surface area contributed by atoms with Crippen molar-refractivity contribution < 1.29 is 14.3 Å². The van der Waals surface area contributed by atoms with E-state index in [9.17, 15) is 4.79 Å². The van der Waals surface area contributed by atoms with Crippen molar-refractivity contribution in [2.45, 2.75) is 31.8 Å². The molecule has 4 rings (SSSR count). The average Bonchev–Trinajstić information content (AvgIpc) is 3.10. The summed E-state index contributed by atoms with van der Waals surface area (Å²) < 4.78 is 14.5. The minimum absolute atomic E-state index is 0.0782. The van der Waals surface area contributed by atoms with Gasteiger partial charge in [0.15, 0.2) is 5.78 Å². The third-order valence-electron chi connectivity index (χ3n) is 4.01. The van der Waals surface area contributed by atoms with Gasteiger partial charge in [-0.15, -0.1) is 0 Å². The van der Waals surface area contributed by atoms with Crippen LogP contribution in [0.15, 0.2) is 24.3 Å². The highest BCUT2D eigenvalue weighted by molar-refractivity contribution is 7.71. The van der Waals surface area contributed by atoms with Gasteiger partial charge in [0.1, 0.15) is 6.10 Å². The number of hydrogen-bond acceptors (Lipinski definition) is 6.